The number of hydrogen-bond acceptors (Lipinski definition) is 2. The summed E-state index contributed by atoms with van der Waals surface area (Å²) >= 11 is 0. The van der Waals surface area contributed by atoms with E-state index in [2.05, 4.69) is 16.0 Å². The van der Waals surface area contributed by atoms with E-state index in [-0.39, 0.29) is 0 Å². The van der Waals surface area contributed by atoms with Crippen LogP contribution in [0.15, 0.2) is 24.4 Å². The minimum absolute atomic E-state index is 0.614. The zero-order valence-electron chi connectivity index (χ0n) is 7.83. The van der Waals surface area contributed by atoms with Crippen LogP contribution in [-0.4, -0.2) is 9.97 Å². The summed E-state index contributed by atoms with van der Waals surface area (Å²) in [5.74, 6) is 0. The molecule has 0 unspecified atom stereocenters. The summed E-state index contributed by atoms with van der Waals surface area (Å²) in [5, 5.41) is 8.41. The van der Waals surface area contributed by atoms with Gasteiger partial charge in [-0.15, -0.1) is 0 Å². The molecular weight excluding hydrogens is 174 g/mol. The van der Waals surface area contributed by atoms with Crippen molar-refractivity contribution in [1.29, 1.82) is 5.26 Å². The Balaban J connectivity index is 2.15. The maximum Gasteiger partial charge on any atom is 0.0881 e. The molecule has 0 saturated heterocycles. The quantitative estimate of drug-likeness (QED) is 0.746. The first-order chi connectivity index (χ1) is 6.90. The average molecular weight is 185 g/mol. The fourth-order valence-electron chi connectivity index (χ4n) is 1.50. The predicted molar refractivity (Wildman–Crippen MR) is 54.6 cm³/mol. The molecule has 0 aliphatic heterocycles. The van der Waals surface area contributed by atoms with Crippen LogP contribution in [0.1, 0.15) is 18.5 Å². The number of H-pyrrole nitrogens is 1. The highest BCUT2D eigenvalue weighted by Gasteiger charge is 1.99. The maximum atomic E-state index is 8.41. The molecule has 2 rings (SSSR count). The molecule has 0 saturated carbocycles. The molecule has 0 atom stereocenters. The van der Waals surface area contributed by atoms with E-state index in [9.17, 15) is 0 Å². The minimum atomic E-state index is 0.614. The van der Waals surface area contributed by atoms with Crippen LogP contribution < -0.4 is 0 Å². The van der Waals surface area contributed by atoms with Crippen molar-refractivity contribution in [2.24, 2.45) is 0 Å². The number of aryl methyl sites for hydroxylation is 1. The van der Waals surface area contributed by atoms with Crippen molar-refractivity contribution in [1.82, 2.24) is 9.97 Å². The van der Waals surface area contributed by atoms with Crippen molar-refractivity contribution < 1.29 is 0 Å². The molecule has 0 spiro atoms. The van der Waals surface area contributed by atoms with Gasteiger partial charge in [0.25, 0.3) is 0 Å². The number of pyridine rings is 1. The lowest BCUT2D eigenvalue weighted by Gasteiger charge is -1.91. The van der Waals surface area contributed by atoms with Crippen LogP contribution in [0, 0.1) is 11.3 Å². The summed E-state index contributed by atoms with van der Waals surface area (Å²) in [4.78, 5) is 7.52. The Kier molecular flexibility index (Phi) is 2.46. The van der Waals surface area contributed by atoms with Gasteiger partial charge in [-0.3, -0.25) is 4.98 Å². The Morgan fingerprint density at radius 3 is 3.21 bits per heavy atom. The lowest BCUT2D eigenvalue weighted by molar-refractivity contribution is 0.833. The molecule has 0 aliphatic carbocycles. The molecule has 2 heterocycles. The third kappa shape index (κ3) is 1.74. The molecule has 0 fully saturated rings. The topological polar surface area (TPSA) is 52.5 Å². The van der Waals surface area contributed by atoms with Crippen LogP contribution in [-0.2, 0) is 6.42 Å². The van der Waals surface area contributed by atoms with Crippen molar-refractivity contribution in [2.45, 2.75) is 19.3 Å². The lowest BCUT2D eigenvalue weighted by Crippen LogP contribution is -1.83. The van der Waals surface area contributed by atoms with E-state index in [0.717, 1.165) is 29.6 Å². The summed E-state index contributed by atoms with van der Waals surface area (Å²) in [6.45, 7) is 0. The van der Waals surface area contributed by atoms with E-state index in [4.69, 9.17) is 5.26 Å². The molecule has 3 nitrogen and oxygen atoms in total. The normalized spacial score (nSPS) is 10.2. The lowest BCUT2D eigenvalue weighted by atomic mass is 10.2. The molecule has 2 aromatic heterocycles. The summed E-state index contributed by atoms with van der Waals surface area (Å²) in [5.41, 5.74) is 3.23. The van der Waals surface area contributed by atoms with E-state index in [0.29, 0.717) is 6.42 Å². The average Bonchev–Trinajstić information content (AvgIpc) is 2.60. The standard InChI is InChI=1S/C11H11N3/c12-6-2-1-4-9-8-11-10(14-9)5-3-7-13-11/h3,5,7-8,14H,1-2,4H2. The first kappa shape index (κ1) is 8.76. The molecule has 0 radical (unpaired) electrons. The van der Waals surface area contributed by atoms with Gasteiger partial charge in [0, 0.05) is 18.3 Å². The van der Waals surface area contributed by atoms with Gasteiger partial charge >= 0.3 is 0 Å². The van der Waals surface area contributed by atoms with Crippen molar-refractivity contribution in [3.8, 4) is 6.07 Å². The smallest absolute Gasteiger partial charge is 0.0881 e. The highest BCUT2D eigenvalue weighted by molar-refractivity contribution is 5.75. The van der Waals surface area contributed by atoms with Crippen LogP contribution in [0.25, 0.3) is 11.0 Å². The van der Waals surface area contributed by atoms with Crippen LogP contribution in [0.3, 0.4) is 0 Å². The predicted octanol–water partition coefficient (Wildman–Crippen LogP) is 2.41. The van der Waals surface area contributed by atoms with Gasteiger partial charge in [0.1, 0.15) is 0 Å². The summed E-state index contributed by atoms with van der Waals surface area (Å²) in [6.07, 6.45) is 4.23. The minimum Gasteiger partial charge on any atom is -0.357 e. The van der Waals surface area contributed by atoms with Crippen LogP contribution >= 0.6 is 0 Å². The largest absolute Gasteiger partial charge is 0.357 e. The molecular formula is C11H11N3. The summed E-state index contributed by atoms with van der Waals surface area (Å²) in [7, 11) is 0. The fourth-order valence-corrected chi connectivity index (χ4v) is 1.50. The first-order valence-corrected chi connectivity index (χ1v) is 4.70. The molecule has 14 heavy (non-hydrogen) atoms. The van der Waals surface area contributed by atoms with E-state index < -0.39 is 0 Å². The molecule has 1 N–H and O–H groups in total. The monoisotopic (exact) mass is 185 g/mol. The number of aromatic amines is 1. The Labute approximate surface area is 82.4 Å². The summed E-state index contributed by atoms with van der Waals surface area (Å²) < 4.78 is 0. The van der Waals surface area contributed by atoms with E-state index in [1.165, 1.54) is 0 Å². The van der Waals surface area contributed by atoms with Crippen molar-refractivity contribution in [2.75, 3.05) is 0 Å². The van der Waals surface area contributed by atoms with Crippen LogP contribution in [0.2, 0.25) is 0 Å². The molecule has 70 valence electrons. The van der Waals surface area contributed by atoms with Gasteiger partial charge in [0.05, 0.1) is 17.1 Å². The van der Waals surface area contributed by atoms with Gasteiger partial charge in [-0.2, -0.15) is 5.26 Å². The second-order valence-electron chi connectivity index (χ2n) is 3.24. The molecule has 0 bridgehead atoms. The Hall–Kier alpha value is -1.82. The van der Waals surface area contributed by atoms with E-state index in [1.54, 1.807) is 6.20 Å². The van der Waals surface area contributed by atoms with Gasteiger partial charge < -0.3 is 4.98 Å². The SMILES string of the molecule is N#CCCCc1cc2ncccc2[nH]1. The number of rotatable bonds is 3. The van der Waals surface area contributed by atoms with Crippen molar-refractivity contribution in [3.05, 3.63) is 30.1 Å². The molecule has 0 amide bonds. The van der Waals surface area contributed by atoms with E-state index >= 15 is 0 Å². The third-order valence-corrected chi connectivity index (χ3v) is 2.18. The van der Waals surface area contributed by atoms with Crippen LogP contribution in [0.4, 0.5) is 0 Å². The van der Waals surface area contributed by atoms with Gasteiger partial charge in [-0.1, -0.05) is 0 Å². The number of aromatic nitrogens is 2. The van der Waals surface area contributed by atoms with Crippen LogP contribution in [0.5, 0.6) is 0 Å². The first-order valence-electron chi connectivity index (χ1n) is 4.70. The maximum absolute atomic E-state index is 8.41. The number of nitrogens with one attached hydrogen (secondary N) is 1. The Morgan fingerprint density at radius 1 is 1.50 bits per heavy atom. The zero-order chi connectivity index (χ0) is 9.80. The third-order valence-electron chi connectivity index (χ3n) is 2.18. The highest BCUT2D eigenvalue weighted by Crippen LogP contribution is 2.13. The van der Waals surface area contributed by atoms with Gasteiger partial charge in [-0.25, -0.2) is 0 Å². The Morgan fingerprint density at radius 2 is 2.43 bits per heavy atom. The number of fused-ring (bicyclic) bond motifs is 1. The Bertz CT molecular complexity index is 432. The van der Waals surface area contributed by atoms with Crippen molar-refractivity contribution >= 4 is 11.0 Å². The second kappa shape index (κ2) is 3.93. The highest BCUT2D eigenvalue weighted by atomic mass is 14.8. The van der Waals surface area contributed by atoms with Gasteiger partial charge in [0.2, 0.25) is 0 Å². The number of nitriles is 1. The zero-order valence-corrected chi connectivity index (χ0v) is 7.83. The molecule has 0 aliphatic rings. The van der Waals surface area contributed by atoms with Crippen molar-refractivity contribution in [3.63, 3.8) is 0 Å². The molecule has 2 aromatic rings. The number of unbranched alkanes of at least 4 members (excludes halogenated alkanes) is 1. The second-order valence-corrected chi connectivity index (χ2v) is 3.24. The van der Waals surface area contributed by atoms with Gasteiger partial charge in [-0.05, 0) is 31.0 Å². The van der Waals surface area contributed by atoms with Gasteiger partial charge in [0.15, 0.2) is 0 Å². The summed E-state index contributed by atoms with van der Waals surface area (Å²) in [6, 6.07) is 8.12. The molecule has 3 heteroatoms. The number of hydrogen-bond donors (Lipinski definition) is 1. The van der Waals surface area contributed by atoms with E-state index in [1.807, 2.05) is 18.2 Å². The fraction of sp³-hybridized carbons (Fsp3) is 0.273. The number of nitrogens with zero attached hydrogens (tertiary/aromatic N) is 2. The molecule has 0 aromatic carbocycles.